The zero-order valence-electron chi connectivity index (χ0n) is 11.7. The predicted molar refractivity (Wildman–Crippen MR) is 74.8 cm³/mol. The number of nitrogens with zero attached hydrogens (tertiary/aromatic N) is 1. The number of amides is 1. The molecule has 0 spiro atoms. The molecule has 0 bridgehead atoms. The molecule has 1 aliphatic rings. The highest BCUT2D eigenvalue weighted by molar-refractivity contribution is 5.94. The monoisotopic (exact) mass is 264 g/mol. The van der Waals surface area contributed by atoms with E-state index >= 15 is 0 Å². The fourth-order valence-electron chi connectivity index (χ4n) is 2.79. The Hall–Kier alpha value is -1.29. The van der Waals surface area contributed by atoms with Crippen LogP contribution < -0.4 is 5.73 Å². The van der Waals surface area contributed by atoms with Gasteiger partial charge in [-0.1, -0.05) is 32.1 Å². The minimum Gasteiger partial charge on any atom is -0.467 e. The maximum Gasteiger partial charge on any atom is 0.257 e. The van der Waals surface area contributed by atoms with E-state index in [2.05, 4.69) is 0 Å². The lowest BCUT2D eigenvalue weighted by Gasteiger charge is -2.29. The number of hydrogen-bond donors (Lipinski definition) is 1. The van der Waals surface area contributed by atoms with Crippen LogP contribution in [0.15, 0.2) is 16.7 Å². The van der Waals surface area contributed by atoms with Crippen molar-refractivity contribution in [2.24, 2.45) is 5.73 Å². The van der Waals surface area contributed by atoms with Gasteiger partial charge in [-0.25, -0.2) is 0 Å². The molecule has 1 saturated carbocycles. The number of furan rings is 1. The van der Waals surface area contributed by atoms with Gasteiger partial charge < -0.3 is 15.1 Å². The highest BCUT2D eigenvalue weighted by atomic mass is 16.3. The normalized spacial score (nSPS) is 17.8. The Morgan fingerprint density at radius 3 is 2.53 bits per heavy atom. The summed E-state index contributed by atoms with van der Waals surface area (Å²) >= 11 is 0. The van der Waals surface area contributed by atoms with Crippen molar-refractivity contribution >= 4 is 5.91 Å². The maximum absolute atomic E-state index is 12.4. The molecule has 1 aromatic rings. The Balaban J connectivity index is 2.00. The minimum absolute atomic E-state index is 0.0500. The molecule has 4 nitrogen and oxygen atoms in total. The van der Waals surface area contributed by atoms with Crippen LogP contribution in [0.4, 0.5) is 0 Å². The molecule has 1 amide bonds. The molecule has 0 atom stereocenters. The zero-order chi connectivity index (χ0) is 13.7. The van der Waals surface area contributed by atoms with Gasteiger partial charge in [-0.2, -0.15) is 0 Å². The van der Waals surface area contributed by atoms with E-state index in [1.54, 1.807) is 6.07 Å². The van der Waals surface area contributed by atoms with Gasteiger partial charge in [0, 0.05) is 13.1 Å². The fraction of sp³-hybridized carbons (Fsp3) is 0.667. The highest BCUT2D eigenvalue weighted by Crippen LogP contribution is 2.22. The van der Waals surface area contributed by atoms with Crippen LogP contribution in [0.1, 0.15) is 61.1 Å². The number of rotatable bonds is 3. The summed E-state index contributed by atoms with van der Waals surface area (Å²) in [6.45, 7) is 0.334. The standard InChI is InChI=1S/C15H24N2O2/c1-17(13-7-5-3-2-4-6-8-13)15(18)12-9-14(10-16)19-11-12/h9,11,13H,2-8,10,16H2,1H3. The lowest BCUT2D eigenvalue weighted by Crippen LogP contribution is -2.37. The summed E-state index contributed by atoms with van der Waals surface area (Å²) in [6.07, 6.45) is 10.1. The molecule has 1 fully saturated rings. The van der Waals surface area contributed by atoms with Gasteiger partial charge in [0.25, 0.3) is 5.91 Å². The first-order valence-electron chi connectivity index (χ1n) is 7.27. The lowest BCUT2D eigenvalue weighted by atomic mass is 9.95. The summed E-state index contributed by atoms with van der Waals surface area (Å²) in [5.41, 5.74) is 6.12. The molecule has 19 heavy (non-hydrogen) atoms. The Morgan fingerprint density at radius 2 is 1.95 bits per heavy atom. The molecule has 2 rings (SSSR count). The maximum atomic E-state index is 12.4. The van der Waals surface area contributed by atoms with Crippen molar-refractivity contribution in [1.82, 2.24) is 4.90 Å². The molecule has 1 aromatic heterocycles. The SMILES string of the molecule is CN(C(=O)c1coc(CN)c1)C1CCCCCCC1. The number of nitrogens with two attached hydrogens (primary N) is 1. The summed E-state index contributed by atoms with van der Waals surface area (Å²) < 4.78 is 5.24. The van der Waals surface area contributed by atoms with E-state index in [-0.39, 0.29) is 5.91 Å². The summed E-state index contributed by atoms with van der Waals surface area (Å²) in [5, 5.41) is 0. The van der Waals surface area contributed by atoms with Crippen molar-refractivity contribution in [2.75, 3.05) is 7.05 Å². The topological polar surface area (TPSA) is 59.5 Å². The molecule has 1 heterocycles. The van der Waals surface area contributed by atoms with Crippen LogP contribution in [0.5, 0.6) is 0 Å². The largest absolute Gasteiger partial charge is 0.467 e. The van der Waals surface area contributed by atoms with E-state index in [0.717, 1.165) is 12.8 Å². The first-order valence-corrected chi connectivity index (χ1v) is 7.27. The van der Waals surface area contributed by atoms with Crippen LogP contribution in [0.25, 0.3) is 0 Å². The molecule has 0 aliphatic heterocycles. The second-order valence-electron chi connectivity index (χ2n) is 5.42. The van der Waals surface area contributed by atoms with E-state index in [1.165, 1.54) is 38.4 Å². The van der Waals surface area contributed by atoms with Crippen molar-refractivity contribution in [1.29, 1.82) is 0 Å². The molecule has 106 valence electrons. The van der Waals surface area contributed by atoms with Gasteiger partial charge in [0.05, 0.1) is 12.1 Å². The molecule has 4 heteroatoms. The summed E-state index contributed by atoms with van der Waals surface area (Å²) in [4.78, 5) is 14.3. The van der Waals surface area contributed by atoms with Gasteiger partial charge in [0.1, 0.15) is 12.0 Å². The predicted octanol–water partition coefficient (Wildman–Crippen LogP) is 2.92. The fourth-order valence-corrected chi connectivity index (χ4v) is 2.79. The molecule has 0 aromatic carbocycles. The first kappa shape index (κ1) is 14.1. The van der Waals surface area contributed by atoms with Gasteiger partial charge in [-0.05, 0) is 18.9 Å². The Bertz CT molecular complexity index is 406. The first-order chi connectivity index (χ1) is 9.22. The van der Waals surface area contributed by atoms with E-state index < -0.39 is 0 Å². The van der Waals surface area contributed by atoms with Gasteiger partial charge >= 0.3 is 0 Å². The third-order valence-corrected chi connectivity index (χ3v) is 4.04. The van der Waals surface area contributed by atoms with Crippen LogP contribution in [-0.4, -0.2) is 23.9 Å². The van der Waals surface area contributed by atoms with E-state index in [4.69, 9.17) is 10.2 Å². The van der Waals surface area contributed by atoms with E-state index in [9.17, 15) is 4.79 Å². The van der Waals surface area contributed by atoms with Crippen molar-refractivity contribution in [3.05, 3.63) is 23.7 Å². The van der Waals surface area contributed by atoms with Crippen LogP contribution >= 0.6 is 0 Å². The van der Waals surface area contributed by atoms with Crippen molar-refractivity contribution in [3.8, 4) is 0 Å². The number of hydrogen-bond acceptors (Lipinski definition) is 3. The highest BCUT2D eigenvalue weighted by Gasteiger charge is 2.22. The average Bonchev–Trinajstić information content (AvgIpc) is 2.85. The van der Waals surface area contributed by atoms with Crippen molar-refractivity contribution in [3.63, 3.8) is 0 Å². The number of carbonyl (C=O) groups excluding carboxylic acids is 1. The molecule has 2 N–H and O–H groups in total. The van der Waals surface area contributed by atoms with Crippen molar-refractivity contribution < 1.29 is 9.21 Å². The third kappa shape index (κ3) is 3.60. The van der Waals surface area contributed by atoms with Gasteiger partial charge in [0.15, 0.2) is 0 Å². The molecule has 0 radical (unpaired) electrons. The third-order valence-electron chi connectivity index (χ3n) is 4.04. The molecule has 0 saturated heterocycles. The van der Waals surface area contributed by atoms with Gasteiger partial charge in [0.2, 0.25) is 0 Å². The Morgan fingerprint density at radius 1 is 1.32 bits per heavy atom. The van der Waals surface area contributed by atoms with Crippen LogP contribution in [0, 0.1) is 0 Å². The second kappa shape index (κ2) is 6.75. The zero-order valence-corrected chi connectivity index (χ0v) is 11.7. The number of carbonyl (C=O) groups is 1. The van der Waals surface area contributed by atoms with E-state index in [1.807, 2.05) is 11.9 Å². The quantitative estimate of drug-likeness (QED) is 0.913. The van der Waals surface area contributed by atoms with Crippen LogP contribution in [0.3, 0.4) is 0 Å². The smallest absolute Gasteiger partial charge is 0.257 e. The Kier molecular flexibility index (Phi) is 5.02. The van der Waals surface area contributed by atoms with E-state index in [0.29, 0.717) is 23.9 Å². The summed E-state index contributed by atoms with van der Waals surface area (Å²) in [6, 6.07) is 2.12. The average molecular weight is 264 g/mol. The molecule has 0 unspecified atom stereocenters. The molecular weight excluding hydrogens is 240 g/mol. The summed E-state index contributed by atoms with van der Waals surface area (Å²) in [5.74, 6) is 0.712. The minimum atomic E-state index is 0.0500. The van der Waals surface area contributed by atoms with Crippen LogP contribution in [0.2, 0.25) is 0 Å². The second-order valence-corrected chi connectivity index (χ2v) is 5.42. The van der Waals surface area contributed by atoms with Gasteiger partial charge in [-0.3, -0.25) is 4.79 Å². The Labute approximate surface area is 114 Å². The lowest BCUT2D eigenvalue weighted by molar-refractivity contribution is 0.0706. The molecule has 1 aliphatic carbocycles. The van der Waals surface area contributed by atoms with Crippen LogP contribution in [-0.2, 0) is 6.54 Å². The molecular formula is C15H24N2O2. The summed E-state index contributed by atoms with van der Waals surface area (Å²) in [7, 11) is 1.91. The van der Waals surface area contributed by atoms with Crippen molar-refractivity contribution in [2.45, 2.75) is 57.5 Å². The van der Waals surface area contributed by atoms with Gasteiger partial charge in [-0.15, -0.1) is 0 Å².